The van der Waals surface area contributed by atoms with E-state index in [4.69, 9.17) is 10.2 Å². The number of anilines is 2. The van der Waals surface area contributed by atoms with Gasteiger partial charge in [-0.2, -0.15) is 0 Å². The molecule has 0 aliphatic heterocycles. The van der Waals surface area contributed by atoms with Crippen LogP contribution in [0.4, 0.5) is 11.4 Å². The number of carboxylic acid groups (broad SMARTS) is 1. The lowest BCUT2D eigenvalue weighted by atomic mass is 10.1. The van der Waals surface area contributed by atoms with E-state index in [1.807, 2.05) is 12.1 Å². The van der Waals surface area contributed by atoms with E-state index in [1.165, 1.54) is 0 Å². The third-order valence-corrected chi connectivity index (χ3v) is 5.48. The molecule has 0 aliphatic carbocycles. The molecule has 3 aromatic carbocycles. The second-order valence-electron chi connectivity index (χ2n) is 8.32. The van der Waals surface area contributed by atoms with Crippen molar-refractivity contribution in [3.63, 3.8) is 0 Å². The van der Waals surface area contributed by atoms with Crippen molar-refractivity contribution in [1.29, 1.82) is 0 Å². The Morgan fingerprint density at radius 3 is 1.56 bits per heavy atom. The van der Waals surface area contributed by atoms with E-state index in [0.717, 1.165) is 11.1 Å². The van der Waals surface area contributed by atoms with Crippen molar-refractivity contribution >= 4 is 34.9 Å². The second-order valence-corrected chi connectivity index (χ2v) is 8.32. The third kappa shape index (κ3) is 8.18. The van der Waals surface area contributed by atoms with Crippen LogP contribution in [0, 0.1) is 0 Å². The summed E-state index contributed by atoms with van der Waals surface area (Å²) < 4.78 is 0. The summed E-state index contributed by atoms with van der Waals surface area (Å²) in [5.41, 5.74) is 3.77. The van der Waals surface area contributed by atoms with Gasteiger partial charge in [-0.3, -0.25) is 19.2 Å². The van der Waals surface area contributed by atoms with Crippen LogP contribution in [0.25, 0.3) is 0 Å². The van der Waals surface area contributed by atoms with Crippen LogP contribution >= 0.6 is 0 Å². The zero-order chi connectivity index (χ0) is 25.9. The highest BCUT2D eigenvalue weighted by Crippen LogP contribution is 2.16. The number of carboxylic acids is 1. The van der Waals surface area contributed by atoms with Crippen molar-refractivity contribution in [2.75, 3.05) is 17.2 Å². The van der Waals surface area contributed by atoms with E-state index >= 15 is 0 Å². The van der Waals surface area contributed by atoms with Crippen molar-refractivity contribution in [3.05, 3.63) is 95.1 Å². The highest BCUT2D eigenvalue weighted by Gasteiger charge is 2.11. The van der Waals surface area contributed by atoms with Crippen LogP contribution in [-0.4, -0.2) is 40.4 Å². The van der Waals surface area contributed by atoms with Crippen LogP contribution in [0.15, 0.2) is 72.8 Å². The van der Waals surface area contributed by atoms with Crippen LogP contribution < -0.4 is 10.6 Å². The van der Waals surface area contributed by atoms with Gasteiger partial charge in [0.2, 0.25) is 0 Å². The fourth-order valence-corrected chi connectivity index (χ4v) is 3.52. The van der Waals surface area contributed by atoms with Crippen LogP contribution in [0.3, 0.4) is 0 Å². The first-order chi connectivity index (χ1) is 17.3. The lowest BCUT2D eigenvalue weighted by Crippen LogP contribution is -2.14. The Bertz CT molecular complexity index is 1200. The van der Waals surface area contributed by atoms with E-state index in [0.29, 0.717) is 35.3 Å². The first-order valence-electron chi connectivity index (χ1n) is 11.6. The Kier molecular flexibility index (Phi) is 9.48. The average Bonchev–Trinajstić information content (AvgIpc) is 2.86. The monoisotopic (exact) mass is 488 g/mol. The van der Waals surface area contributed by atoms with Gasteiger partial charge in [-0.25, -0.2) is 0 Å². The molecule has 0 aliphatic rings. The summed E-state index contributed by atoms with van der Waals surface area (Å²) in [5, 5.41) is 23.1. The van der Waals surface area contributed by atoms with Gasteiger partial charge < -0.3 is 20.8 Å². The van der Waals surface area contributed by atoms with Gasteiger partial charge in [-0.1, -0.05) is 24.3 Å². The van der Waals surface area contributed by atoms with Gasteiger partial charge in [0.25, 0.3) is 11.8 Å². The molecule has 186 valence electrons. The average molecular weight is 489 g/mol. The van der Waals surface area contributed by atoms with E-state index in [-0.39, 0.29) is 43.5 Å². The molecular weight excluding hydrogens is 460 g/mol. The molecule has 0 aromatic heterocycles. The molecule has 0 bridgehead atoms. The van der Waals surface area contributed by atoms with E-state index in [2.05, 4.69) is 10.6 Å². The first kappa shape index (κ1) is 26.3. The number of amides is 2. The molecule has 8 heteroatoms. The number of ketones is 1. The summed E-state index contributed by atoms with van der Waals surface area (Å²) in [6.45, 7) is -0.169. The number of aryl methyl sites for hydroxylation is 1. The molecule has 36 heavy (non-hydrogen) atoms. The largest absolute Gasteiger partial charge is 0.481 e. The molecule has 3 rings (SSSR count). The van der Waals surface area contributed by atoms with Gasteiger partial charge in [0, 0.05) is 48.4 Å². The number of nitrogens with one attached hydrogen (secondary N) is 2. The number of hydrogen-bond acceptors (Lipinski definition) is 5. The fraction of sp³-hybridized carbons (Fsp3) is 0.214. The molecule has 4 N–H and O–H groups in total. The molecule has 0 heterocycles. The second kappa shape index (κ2) is 13.0. The smallest absolute Gasteiger partial charge is 0.303 e. The summed E-state index contributed by atoms with van der Waals surface area (Å²) in [4.78, 5) is 47.3. The Balaban J connectivity index is 1.52. The van der Waals surface area contributed by atoms with Gasteiger partial charge in [0.1, 0.15) is 5.78 Å². The van der Waals surface area contributed by atoms with Crippen LogP contribution in [0.2, 0.25) is 0 Å². The van der Waals surface area contributed by atoms with Gasteiger partial charge in [0.05, 0.1) is 0 Å². The first-order valence-corrected chi connectivity index (χ1v) is 11.6. The zero-order valence-electron chi connectivity index (χ0n) is 19.7. The van der Waals surface area contributed by atoms with Gasteiger partial charge in [-0.05, 0) is 72.5 Å². The van der Waals surface area contributed by atoms with Crippen molar-refractivity contribution in [2.45, 2.75) is 32.1 Å². The van der Waals surface area contributed by atoms with Gasteiger partial charge in [0.15, 0.2) is 0 Å². The van der Waals surface area contributed by atoms with Crippen molar-refractivity contribution < 1.29 is 29.4 Å². The molecular formula is C28H28N2O6. The van der Waals surface area contributed by atoms with Crippen LogP contribution in [0.1, 0.15) is 51.1 Å². The number of hydrogen-bond donors (Lipinski definition) is 4. The fourth-order valence-electron chi connectivity index (χ4n) is 3.52. The summed E-state index contributed by atoms with van der Waals surface area (Å²) >= 11 is 0. The minimum atomic E-state index is -0.818. The van der Waals surface area contributed by atoms with Gasteiger partial charge in [-0.15, -0.1) is 0 Å². The topological polar surface area (TPSA) is 133 Å². The quantitative estimate of drug-likeness (QED) is 0.304. The minimum Gasteiger partial charge on any atom is -0.481 e. The molecule has 0 unspecified atom stereocenters. The Labute approximate surface area is 209 Å². The maximum absolute atomic E-state index is 12.6. The number of Topliss-reactive ketones (excluding diaryl/α,β-unsaturated/α-hetero) is 1. The van der Waals surface area contributed by atoms with Crippen molar-refractivity contribution in [2.24, 2.45) is 0 Å². The minimum absolute atomic E-state index is 0.0524. The highest BCUT2D eigenvalue weighted by atomic mass is 16.4. The number of rotatable bonds is 12. The predicted octanol–water partition coefficient (Wildman–Crippen LogP) is 4.09. The molecule has 2 amide bonds. The molecule has 0 spiro atoms. The maximum Gasteiger partial charge on any atom is 0.303 e. The lowest BCUT2D eigenvalue weighted by Gasteiger charge is -2.09. The SMILES string of the molecule is O=C(O)CCCc1ccc(NC(=O)c2ccc(C(=O)Nc3ccc(CC(=O)CCO)cc3)cc2)cc1. The summed E-state index contributed by atoms with van der Waals surface area (Å²) in [5.74, 6) is -1.51. The van der Waals surface area contributed by atoms with Crippen molar-refractivity contribution in [1.82, 2.24) is 0 Å². The van der Waals surface area contributed by atoms with Crippen LogP contribution in [-0.2, 0) is 22.4 Å². The number of aliphatic hydroxyl groups is 1. The summed E-state index contributed by atoms with van der Waals surface area (Å²) in [6, 6.07) is 20.4. The van der Waals surface area contributed by atoms with Gasteiger partial charge >= 0.3 is 5.97 Å². The Morgan fingerprint density at radius 1 is 0.639 bits per heavy atom. The summed E-state index contributed by atoms with van der Waals surface area (Å²) in [6.07, 6.45) is 1.68. The normalized spacial score (nSPS) is 10.5. The zero-order valence-corrected chi connectivity index (χ0v) is 19.7. The van der Waals surface area contributed by atoms with E-state index < -0.39 is 5.97 Å². The third-order valence-electron chi connectivity index (χ3n) is 5.48. The van der Waals surface area contributed by atoms with Crippen molar-refractivity contribution in [3.8, 4) is 0 Å². The van der Waals surface area contributed by atoms with Crippen LogP contribution in [0.5, 0.6) is 0 Å². The predicted molar refractivity (Wildman–Crippen MR) is 136 cm³/mol. The summed E-state index contributed by atoms with van der Waals surface area (Å²) in [7, 11) is 0. The Morgan fingerprint density at radius 2 is 1.11 bits per heavy atom. The number of carbonyl (C=O) groups excluding carboxylic acids is 3. The lowest BCUT2D eigenvalue weighted by molar-refractivity contribution is -0.137. The number of benzene rings is 3. The highest BCUT2D eigenvalue weighted by molar-refractivity contribution is 6.07. The molecule has 3 aromatic rings. The molecule has 0 fully saturated rings. The van der Waals surface area contributed by atoms with E-state index in [1.54, 1.807) is 60.7 Å². The number of aliphatic carboxylic acids is 1. The molecule has 0 atom stereocenters. The number of carbonyl (C=O) groups is 4. The molecule has 8 nitrogen and oxygen atoms in total. The standard InChI is InChI=1S/C28H28N2O6/c31-17-16-25(32)18-20-6-14-24(15-7-20)30-28(36)22-10-8-21(9-11-22)27(35)29-23-12-4-19(5-13-23)2-1-3-26(33)34/h4-15,31H,1-3,16-18H2,(H,29,35)(H,30,36)(H,33,34). The molecule has 0 saturated carbocycles. The number of aliphatic hydroxyl groups excluding tert-OH is 1. The maximum atomic E-state index is 12.6. The Hall–Kier alpha value is -4.30. The van der Waals surface area contributed by atoms with E-state index in [9.17, 15) is 19.2 Å². The molecule has 0 saturated heterocycles. The molecule has 0 radical (unpaired) electrons.